The lowest BCUT2D eigenvalue weighted by atomic mass is 10.0. The molecule has 7 nitrogen and oxygen atoms in total. The molecule has 2 aromatic rings. The fraction of sp³-hybridized carbons (Fsp3) is 0.417. The van der Waals surface area contributed by atoms with Gasteiger partial charge in [0.1, 0.15) is 5.75 Å². The Morgan fingerprint density at radius 2 is 1.61 bits per heavy atom. The fourth-order valence-corrected chi connectivity index (χ4v) is 3.75. The maximum atomic E-state index is 12.6. The van der Waals surface area contributed by atoms with Crippen LogP contribution in [0, 0.1) is 13.8 Å². The van der Waals surface area contributed by atoms with Crippen molar-refractivity contribution < 1.29 is 14.3 Å². The number of ether oxygens (including phenoxy) is 1. The monoisotopic (exact) mass is 424 g/mol. The molecule has 1 aliphatic heterocycles. The summed E-state index contributed by atoms with van der Waals surface area (Å²) in [6.07, 6.45) is 0. The summed E-state index contributed by atoms with van der Waals surface area (Å²) in [5, 5.41) is 5.49. The molecule has 2 N–H and O–H groups in total. The third-order valence-corrected chi connectivity index (χ3v) is 5.71. The van der Waals surface area contributed by atoms with Crippen LogP contribution in [0.25, 0.3) is 0 Å². The van der Waals surface area contributed by atoms with E-state index in [1.165, 1.54) is 12.7 Å². The summed E-state index contributed by atoms with van der Waals surface area (Å²) >= 11 is 0. The number of anilines is 1. The lowest BCUT2D eigenvalue weighted by molar-refractivity contribution is -0.136. The van der Waals surface area contributed by atoms with Crippen molar-refractivity contribution in [3.8, 4) is 5.75 Å². The van der Waals surface area contributed by atoms with Gasteiger partial charge in [0.2, 0.25) is 0 Å². The number of hydrogen-bond donors (Lipinski definition) is 2. The topological polar surface area (TPSA) is 73.9 Å². The van der Waals surface area contributed by atoms with Crippen molar-refractivity contribution in [2.24, 2.45) is 0 Å². The van der Waals surface area contributed by atoms with Gasteiger partial charge >= 0.3 is 11.8 Å². The van der Waals surface area contributed by atoms with E-state index in [9.17, 15) is 9.59 Å². The summed E-state index contributed by atoms with van der Waals surface area (Å²) in [6.45, 7) is 8.12. The van der Waals surface area contributed by atoms with Gasteiger partial charge in [0, 0.05) is 32.7 Å². The zero-order valence-electron chi connectivity index (χ0n) is 18.8. The van der Waals surface area contributed by atoms with Gasteiger partial charge in [0.25, 0.3) is 0 Å². The molecule has 1 fully saturated rings. The predicted octanol–water partition coefficient (Wildman–Crippen LogP) is 2.36. The average Bonchev–Trinajstić information content (AvgIpc) is 2.76. The largest absolute Gasteiger partial charge is 0.495 e. The Labute approximate surface area is 184 Å². The van der Waals surface area contributed by atoms with Gasteiger partial charge in [-0.05, 0) is 44.2 Å². The summed E-state index contributed by atoms with van der Waals surface area (Å²) < 4.78 is 5.28. The molecule has 3 rings (SSSR count). The molecule has 0 aliphatic carbocycles. The second kappa shape index (κ2) is 10.4. The number of nitrogens with one attached hydrogen (secondary N) is 2. The molecule has 1 aliphatic rings. The molecule has 1 atom stereocenters. The standard InChI is InChI=1S/C24H32N4O3/c1-17-5-8-19(9-6-17)21(28-13-11-27(3)12-14-28)16-25-23(29)24(30)26-20-15-18(2)7-10-22(20)31-4/h5-10,15,21H,11-14,16H2,1-4H3,(H,25,29)(H,26,30). The van der Waals surface area contributed by atoms with Gasteiger partial charge in [-0.1, -0.05) is 35.9 Å². The molecule has 0 bridgehead atoms. The van der Waals surface area contributed by atoms with Crippen LogP contribution >= 0.6 is 0 Å². The molecule has 2 amide bonds. The van der Waals surface area contributed by atoms with E-state index in [1.54, 1.807) is 12.1 Å². The molecule has 2 aromatic carbocycles. The molecule has 7 heteroatoms. The first kappa shape index (κ1) is 22.8. The van der Waals surface area contributed by atoms with Crippen molar-refractivity contribution in [1.29, 1.82) is 0 Å². The minimum atomic E-state index is -0.704. The van der Waals surface area contributed by atoms with Crippen LogP contribution < -0.4 is 15.4 Å². The molecular formula is C24H32N4O3. The fourth-order valence-electron chi connectivity index (χ4n) is 3.75. The molecule has 166 valence electrons. The number of carbonyl (C=O) groups excluding carboxylic acids is 2. The van der Waals surface area contributed by atoms with Gasteiger partial charge in [-0.2, -0.15) is 0 Å². The van der Waals surface area contributed by atoms with E-state index in [-0.39, 0.29) is 6.04 Å². The number of methoxy groups -OCH3 is 1. The highest BCUT2D eigenvalue weighted by Crippen LogP contribution is 2.25. The van der Waals surface area contributed by atoms with E-state index < -0.39 is 11.8 Å². The Bertz CT molecular complexity index is 906. The number of nitrogens with zero attached hydrogens (tertiary/aromatic N) is 2. The number of hydrogen-bond acceptors (Lipinski definition) is 5. The summed E-state index contributed by atoms with van der Waals surface area (Å²) in [7, 11) is 3.65. The van der Waals surface area contributed by atoms with Crippen LogP contribution in [0.3, 0.4) is 0 Å². The Morgan fingerprint density at radius 3 is 2.26 bits per heavy atom. The van der Waals surface area contributed by atoms with Crippen LogP contribution in [0.2, 0.25) is 0 Å². The summed E-state index contributed by atoms with van der Waals surface area (Å²) in [5.74, 6) is -0.846. The van der Waals surface area contributed by atoms with Gasteiger partial charge in [-0.15, -0.1) is 0 Å². The van der Waals surface area contributed by atoms with Crippen LogP contribution in [0.15, 0.2) is 42.5 Å². The Balaban J connectivity index is 1.67. The van der Waals surface area contributed by atoms with E-state index in [0.29, 0.717) is 18.0 Å². The first-order valence-corrected chi connectivity index (χ1v) is 10.6. The predicted molar refractivity (Wildman–Crippen MR) is 122 cm³/mol. The van der Waals surface area contributed by atoms with Gasteiger partial charge < -0.3 is 20.3 Å². The Kier molecular flexibility index (Phi) is 7.65. The summed E-state index contributed by atoms with van der Waals surface area (Å²) in [5.41, 5.74) is 3.77. The third-order valence-electron chi connectivity index (χ3n) is 5.71. The van der Waals surface area contributed by atoms with E-state index in [2.05, 4.69) is 58.7 Å². The van der Waals surface area contributed by atoms with Gasteiger partial charge in [0.15, 0.2) is 0 Å². The number of aryl methyl sites for hydroxylation is 2. The molecule has 0 radical (unpaired) electrons. The lowest BCUT2D eigenvalue weighted by Gasteiger charge is -2.38. The zero-order valence-corrected chi connectivity index (χ0v) is 18.8. The third kappa shape index (κ3) is 6.06. The Hall–Kier alpha value is -2.90. The van der Waals surface area contributed by atoms with Gasteiger partial charge in [-0.25, -0.2) is 0 Å². The van der Waals surface area contributed by atoms with Gasteiger partial charge in [-0.3, -0.25) is 14.5 Å². The number of amides is 2. The smallest absolute Gasteiger partial charge is 0.313 e. The number of carbonyl (C=O) groups is 2. The molecule has 1 unspecified atom stereocenters. The van der Waals surface area contributed by atoms with Crippen LogP contribution in [-0.2, 0) is 9.59 Å². The van der Waals surface area contributed by atoms with Crippen molar-refractivity contribution in [1.82, 2.24) is 15.1 Å². The number of benzene rings is 2. The van der Waals surface area contributed by atoms with Crippen LogP contribution in [-0.4, -0.2) is 68.5 Å². The second-order valence-electron chi connectivity index (χ2n) is 8.13. The maximum absolute atomic E-state index is 12.6. The molecule has 0 saturated carbocycles. The summed E-state index contributed by atoms with van der Waals surface area (Å²) in [4.78, 5) is 29.7. The summed E-state index contributed by atoms with van der Waals surface area (Å²) in [6, 6.07) is 13.8. The second-order valence-corrected chi connectivity index (χ2v) is 8.13. The van der Waals surface area contributed by atoms with E-state index in [0.717, 1.165) is 37.3 Å². The Morgan fingerprint density at radius 1 is 0.968 bits per heavy atom. The minimum Gasteiger partial charge on any atom is -0.495 e. The molecular weight excluding hydrogens is 392 g/mol. The van der Waals surface area contributed by atoms with Crippen LogP contribution in [0.1, 0.15) is 22.7 Å². The highest BCUT2D eigenvalue weighted by atomic mass is 16.5. The van der Waals surface area contributed by atoms with E-state index >= 15 is 0 Å². The maximum Gasteiger partial charge on any atom is 0.313 e. The van der Waals surface area contributed by atoms with Crippen LogP contribution in [0.4, 0.5) is 5.69 Å². The number of rotatable bonds is 6. The number of likely N-dealkylation sites (N-methyl/N-ethyl adjacent to an activating group) is 1. The molecule has 31 heavy (non-hydrogen) atoms. The van der Waals surface area contributed by atoms with E-state index in [1.807, 2.05) is 13.0 Å². The highest BCUT2D eigenvalue weighted by molar-refractivity contribution is 6.39. The molecule has 1 saturated heterocycles. The first-order valence-electron chi connectivity index (χ1n) is 10.6. The SMILES string of the molecule is COc1ccc(C)cc1NC(=O)C(=O)NCC(c1ccc(C)cc1)N1CCN(C)CC1. The minimum absolute atomic E-state index is 0.0135. The van der Waals surface area contributed by atoms with Crippen LogP contribution in [0.5, 0.6) is 5.75 Å². The number of piperazine rings is 1. The van der Waals surface area contributed by atoms with Crippen molar-refractivity contribution >= 4 is 17.5 Å². The molecule has 0 spiro atoms. The molecule has 1 heterocycles. The zero-order chi connectivity index (χ0) is 22.4. The van der Waals surface area contributed by atoms with Crippen molar-refractivity contribution in [3.05, 3.63) is 59.2 Å². The average molecular weight is 425 g/mol. The van der Waals surface area contributed by atoms with Gasteiger partial charge in [0.05, 0.1) is 18.8 Å². The van der Waals surface area contributed by atoms with Crippen molar-refractivity contribution in [3.63, 3.8) is 0 Å². The van der Waals surface area contributed by atoms with Crippen molar-refractivity contribution in [2.45, 2.75) is 19.9 Å². The first-order chi connectivity index (χ1) is 14.9. The molecule has 0 aromatic heterocycles. The highest BCUT2D eigenvalue weighted by Gasteiger charge is 2.25. The quantitative estimate of drug-likeness (QED) is 0.697. The lowest BCUT2D eigenvalue weighted by Crippen LogP contribution is -2.49. The van der Waals surface area contributed by atoms with Crippen molar-refractivity contribution in [2.75, 3.05) is 52.2 Å². The normalized spacial score (nSPS) is 15.9. The van der Waals surface area contributed by atoms with E-state index in [4.69, 9.17) is 4.74 Å².